The molecular weight excluding hydrogens is 615 g/mol. The second-order valence-corrected chi connectivity index (χ2v) is 11.7. The number of carbonyl (C=O) groups is 1. The van der Waals surface area contributed by atoms with Crippen LogP contribution in [0.1, 0.15) is 51.1 Å². The van der Waals surface area contributed by atoms with Crippen LogP contribution in [0, 0.1) is 18.8 Å². The third-order valence-electron chi connectivity index (χ3n) is 8.10. The van der Waals surface area contributed by atoms with Crippen molar-refractivity contribution in [1.82, 2.24) is 19.4 Å². The molecule has 0 atom stereocenters. The van der Waals surface area contributed by atoms with E-state index in [1.165, 1.54) is 12.1 Å². The van der Waals surface area contributed by atoms with Gasteiger partial charge in [0, 0.05) is 55.7 Å². The van der Waals surface area contributed by atoms with E-state index in [-0.39, 0.29) is 23.4 Å². The number of allylic oxidation sites excluding steroid dienone is 1. The number of halogens is 3. The Balaban J connectivity index is 1.35. The van der Waals surface area contributed by atoms with E-state index in [0.29, 0.717) is 47.2 Å². The number of nitrogens with one attached hydrogen (secondary N) is 2. The predicted octanol–water partition coefficient (Wildman–Crippen LogP) is 6.77. The third-order valence-corrected chi connectivity index (χ3v) is 8.10. The zero-order valence-corrected chi connectivity index (χ0v) is 27.2. The number of aryl methyl sites for hydroxylation is 1. The first-order chi connectivity index (χ1) is 22.9. The molecule has 11 heteroatoms. The number of nitrogen functional groups attached to an aromatic ring is 1. The van der Waals surface area contributed by atoms with E-state index in [4.69, 9.17) is 5.73 Å². The maximum Gasteiger partial charge on any atom is 0.416 e. The Morgan fingerprint density at radius 1 is 1.04 bits per heavy atom. The van der Waals surface area contributed by atoms with Crippen LogP contribution in [0.4, 0.5) is 30.2 Å². The third kappa shape index (κ3) is 8.15. The van der Waals surface area contributed by atoms with E-state index >= 15 is 0 Å². The number of alkyl halides is 3. The molecule has 0 spiro atoms. The van der Waals surface area contributed by atoms with Crippen LogP contribution < -0.4 is 16.4 Å². The number of hydrogen-bond donors (Lipinski definition) is 3. The molecular formula is C37H38F3N7O. The number of nitrogens with two attached hydrogens (primary N) is 1. The fourth-order valence-corrected chi connectivity index (χ4v) is 5.34. The van der Waals surface area contributed by atoms with Crippen molar-refractivity contribution in [2.45, 2.75) is 26.6 Å². The van der Waals surface area contributed by atoms with Crippen LogP contribution in [-0.4, -0.2) is 58.5 Å². The van der Waals surface area contributed by atoms with Crippen molar-refractivity contribution in [3.63, 3.8) is 0 Å². The van der Waals surface area contributed by atoms with Crippen LogP contribution in [-0.2, 0) is 12.7 Å². The Kier molecular flexibility index (Phi) is 10.4. The van der Waals surface area contributed by atoms with Gasteiger partial charge in [-0.2, -0.15) is 13.2 Å². The van der Waals surface area contributed by atoms with Crippen LogP contribution in [0.15, 0.2) is 79.5 Å². The van der Waals surface area contributed by atoms with Gasteiger partial charge in [-0.15, -0.1) is 0 Å². The summed E-state index contributed by atoms with van der Waals surface area (Å²) in [6.45, 7) is 11.0. The van der Waals surface area contributed by atoms with E-state index < -0.39 is 17.6 Å². The number of aromatic nitrogens is 2. The van der Waals surface area contributed by atoms with Crippen LogP contribution >= 0.6 is 0 Å². The molecule has 1 aliphatic rings. The Labute approximate surface area is 278 Å². The quantitative estimate of drug-likeness (QED) is 0.144. The number of anilines is 3. The molecule has 48 heavy (non-hydrogen) atoms. The first-order valence-electron chi connectivity index (χ1n) is 15.5. The van der Waals surface area contributed by atoms with Gasteiger partial charge in [0.2, 0.25) is 0 Å². The summed E-state index contributed by atoms with van der Waals surface area (Å²) >= 11 is 0. The van der Waals surface area contributed by atoms with Crippen molar-refractivity contribution in [2.24, 2.45) is 0 Å². The fraction of sp³-hybridized carbons (Fsp3) is 0.243. The van der Waals surface area contributed by atoms with Crippen LogP contribution in [0.3, 0.4) is 0 Å². The van der Waals surface area contributed by atoms with Crippen molar-refractivity contribution in [2.75, 3.05) is 49.6 Å². The first kappa shape index (κ1) is 34.0. The van der Waals surface area contributed by atoms with Crippen molar-refractivity contribution < 1.29 is 18.0 Å². The summed E-state index contributed by atoms with van der Waals surface area (Å²) in [7, 11) is 2.00. The topological polar surface area (TPSA) is 91.4 Å². The largest absolute Gasteiger partial charge is 0.416 e. The molecule has 5 rings (SSSR count). The molecule has 248 valence electrons. The molecule has 1 fully saturated rings. The minimum absolute atomic E-state index is 0.0662. The first-order valence-corrected chi connectivity index (χ1v) is 15.5. The number of likely N-dealkylation sites (N-methyl/N-ethyl adjacent to an activating group) is 1. The Hall–Kier alpha value is -5.31. The Bertz CT molecular complexity index is 1910. The zero-order valence-electron chi connectivity index (χ0n) is 27.2. The molecule has 0 saturated carbocycles. The molecule has 0 unspecified atom stereocenters. The van der Waals surface area contributed by atoms with Crippen molar-refractivity contribution in [3.8, 4) is 11.8 Å². The number of amides is 1. The Morgan fingerprint density at radius 2 is 1.79 bits per heavy atom. The van der Waals surface area contributed by atoms with E-state index in [1.807, 2.05) is 56.3 Å². The molecule has 1 saturated heterocycles. The highest BCUT2D eigenvalue weighted by Gasteiger charge is 2.34. The highest BCUT2D eigenvalue weighted by molar-refractivity contribution is 6.04. The number of carbonyl (C=O) groups excluding carboxylic acids is 1. The molecule has 3 aromatic carbocycles. The van der Waals surface area contributed by atoms with Gasteiger partial charge in [-0.05, 0) is 74.3 Å². The number of piperazine rings is 1. The van der Waals surface area contributed by atoms with Crippen LogP contribution in [0.2, 0.25) is 0 Å². The van der Waals surface area contributed by atoms with Gasteiger partial charge in [0.15, 0.2) is 5.82 Å². The van der Waals surface area contributed by atoms with Gasteiger partial charge in [0.05, 0.1) is 28.8 Å². The van der Waals surface area contributed by atoms with Crippen molar-refractivity contribution >= 4 is 34.9 Å². The van der Waals surface area contributed by atoms with Gasteiger partial charge in [-0.3, -0.25) is 14.3 Å². The molecule has 0 bridgehead atoms. The average Bonchev–Trinajstić information content (AvgIpc) is 3.45. The van der Waals surface area contributed by atoms with Crippen molar-refractivity contribution in [1.29, 1.82) is 0 Å². The monoisotopic (exact) mass is 653 g/mol. The normalized spacial score (nSPS) is 14.0. The summed E-state index contributed by atoms with van der Waals surface area (Å²) in [4.78, 5) is 21.9. The van der Waals surface area contributed by atoms with Crippen molar-refractivity contribution in [3.05, 3.63) is 119 Å². The summed E-state index contributed by atoms with van der Waals surface area (Å²) in [6, 6.07) is 16.3. The number of nitrogens with zero attached hydrogens (tertiary/aromatic N) is 4. The van der Waals surface area contributed by atoms with Gasteiger partial charge < -0.3 is 21.3 Å². The molecule has 4 N–H and O–H groups in total. The number of imidazole rings is 1. The van der Waals surface area contributed by atoms with Gasteiger partial charge in [0.25, 0.3) is 5.91 Å². The number of hydrogen-bond acceptors (Lipinski definition) is 6. The lowest BCUT2D eigenvalue weighted by atomic mass is 10.0. The zero-order chi connectivity index (χ0) is 34.4. The van der Waals surface area contributed by atoms with Gasteiger partial charge in [0.1, 0.15) is 5.69 Å². The predicted molar refractivity (Wildman–Crippen MR) is 186 cm³/mol. The van der Waals surface area contributed by atoms with Gasteiger partial charge in [-0.1, -0.05) is 42.8 Å². The van der Waals surface area contributed by atoms with E-state index in [9.17, 15) is 18.0 Å². The summed E-state index contributed by atoms with van der Waals surface area (Å²) < 4.78 is 44.0. The molecule has 1 aliphatic heterocycles. The second-order valence-electron chi connectivity index (χ2n) is 11.7. The molecule has 4 aromatic rings. The van der Waals surface area contributed by atoms with E-state index in [0.717, 1.165) is 24.7 Å². The van der Waals surface area contributed by atoms with E-state index in [1.54, 1.807) is 35.0 Å². The lowest BCUT2D eigenvalue weighted by molar-refractivity contribution is -0.138. The molecule has 0 radical (unpaired) electrons. The fourth-order valence-electron chi connectivity index (χ4n) is 5.34. The highest BCUT2D eigenvalue weighted by Crippen LogP contribution is 2.35. The standard InChI is InChI=1S/C37H38F3N7O/c1-5-16-47-31(23-42-35(47)26(3)43-34-9-7-6-8-33(34)41)15-13-27-21-28(11-10-25(27)2)36(48)44-30-14-12-29(32(22-30)37(38,39)40)24-46-19-17-45(4)18-20-46/h5-12,14,16,21-23,43H,3,17-20,24,41H2,1-2,4H3,(H,44,48)/b16-5-. The van der Waals surface area contributed by atoms with Gasteiger partial charge in [-0.25, -0.2) is 4.98 Å². The minimum Gasteiger partial charge on any atom is -0.397 e. The molecule has 1 amide bonds. The van der Waals surface area contributed by atoms with Gasteiger partial charge >= 0.3 is 6.18 Å². The average molecular weight is 654 g/mol. The highest BCUT2D eigenvalue weighted by atomic mass is 19.4. The maximum absolute atomic E-state index is 14.1. The summed E-state index contributed by atoms with van der Waals surface area (Å²) in [5, 5.41) is 5.84. The van der Waals surface area contributed by atoms with Crippen LogP contribution in [0.5, 0.6) is 0 Å². The molecule has 8 nitrogen and oxygen atoms in total. The second kappa shape index (κ2) is 14.6. The summed E-state index contributed by atoms with van der Waals surface area (Å²) in [6.07, 6.45) is 0.725. The molecule has 2 heterocycles. The number of para-hydroxylation sites is 2. The lowest BCUT2D eigenvalue weighted by Crippen LogP contribution is -2.44. The summed E-state index contributed by atoms with van der Waals surface area (Å²) in [5.41, 5.74) is 9.63. The van der Waals surface area contributed by atoms with Crippen LogP contribution in [0.25, 0.3) is 11.9 Å². The molecule has 1 aromatic heterocycles. The smallest absolute Gasteiger partial charge is 0.397 e. The SMILES string of the molecule is C=C(Nc1ccccc1N)c1ncc(C#Cc2cc(C(=O)Nc3ccc(CN4CCN(C)CC4)c(C(F)(F)F)c3)ccc2C)n1/C=C\C. The number of rotatable bonds is 8. The lowest BCUT2D eigenvalue weighted by Gasteiger charge is -2.33. The maximum atomic E-state index is 14.1. The van der Waals surface area contributed by atoms with E-state index in [2.05, 4.69) is 38.9 Å². The minimum atomic E-state index is -4.56. The summed E-state index contributed by atoms with van der Waals surface area (Å²) in [5.74, 6) is 6.26. The number of benzene rings is 3. The molecule has 0 aliphatic carbocycles. The Morgan fingerprint density at radius 3 is 2.50 bits per heavy atom.